The van der Waals surface area contributed by atoms with E-state index in [4.69, 9.17) is 0 Å². The first-order chi connectivity index (χ1) is 4.77. The molecule has 0 amide bonds. The summed E-state index contributed by atoms with van der Waals surface area (Å²) in [6.07, 6.45) is 7.70. The molecule has 0 aromatic rings. The zero-order valence-electron chi connectivity index (χ0n) is 6.64. The zero-order valence-corrected chi connectivity index (χ0v) is 8.43. The Bertz CT molecular complexity index is 62.3. The van der Waals surface area contributed by atoms with Crippen molar-refractivity contribution in [1.82, 2.24) is 0 Å². The summed E-state index contributed by atoms with van der Waals surface area (Å²) in [7, 11) is 0. The van der Waals surface area contributed by atoms with Gasteiger partial charge in [-0.3, -0.25) is 0 Å². The molecule has 2 heteroatoms. The third kappa shape index (κ3) is 8.70. The van der Waals surface area contributed by atoms with Crippen molar-refractivity contribution in [2.24, 2.45) is 0 Å². The zero-order chi connectivity index (χ0) is 7.82. The van der Waals surface area contributed by atoms with Gasteiger partial charge < -0.3 is 0 Å². The van der Waals surface area contributed by atoms with Crippen LogP contribution in [-0.4, -0.2) is 0 Å². The Kier molecular flexibility index (Phi) is 8.35. The SMILES string of the molecule is CCCCCCC[C](S)S. The van der Waals surface area contributed by atoms with Crippen molar-refractivity contribution in [3.8, 4) is 0 Å². The molecule has 0 saturated carbocycles. The Morgan fingerprint density at radius 3 is 2.10 bits per heavy atom. The van der Waals surface area contributed by atoms with Crippen LogP contribution in [0.1, 0.15) is 45.4 Å². The number of hydrogen-bond acceptors (Lipinski definition) is 2. The first kappa shape index (κ1) is 10.7. The number of unbranched alkanes of at least 4 members (excludes halogenated alkanes) is 4. The van der Waals surface area contributed by atoms with Crippen molar-refractivity contribution in [2.75, 3.05) is 0 Å². The third-order valence-electron chi connectivity index (χ3n) is 1.50. The Hall–Kier alpha value is 0.700. The van der Waals surface area contributed by atoms with Crippen molar-refractivity contribution < 1.29 is 0 Å². The van der Waals surface area contributed by atoms with Gasteiger partial charge in [-0.25, -0.2) is 0 Å². The van der Waals surface area contributed by atoms with Crippen LogP contribution in [0.15, 0.2) is 0 Å². The van der Waals surface area contributed by atoms with Gasteiger partial charge in [-0.15, -0.1) is 0 Å². The molecule has 0 bridgehead atoms. The lowest BCUT2D eigenvalue weighted by atomic mass is 10.1. The Morgan fingerprint density at radius 1 is 1.00 bits per heavy atom. The summed E-state index contributed by atoms with van der Waals surface area (Å²) in [6.45, 7) is 2.23. The second-order valence-electron chi connectivity index (χ2n) is 2.58. The summed E-state index contributed by atoms with van der Waals surface area (Å²) in [5.41, 5.74) is 0. The lowest BCUT2D eigenvalue weighted by Gasteiger charge is -2.00. The molecule has 0 nitrogen and oxygen atoms in total. The lowest BCUT2D eigenvalue weighted by molar-refractivity contribution is 0.633. The van der Waals surface area contributed by atoms with Gasteiger partial charge in [0.2, 0.25) is 0 Å². The van der Waals surface area contributed by atoms with Crippen molar-refractivity contribution in [3.63, 3.8) is 0 Å². The summed E-state index contributed by atoms with van der Waals surface area (Å²) >= 11 is 8.21. The van der Waals surface area contributed by atoms with Gasteiger partial charge in [0.1, 0.15) is 0 Å². The van der Waals surface area contributed by atoms with E-state index in [0.717, 1.165) is 11.0 Å². The van der Waals surface area contributed by atoms with Crippen LogP contribution < -0.4 is 0 Å². The molecular weight excluding hydrogens is 160 g/mol. The van der Waals surface area contributed by atoms with Crippen LogP contribution in [0.2, 0.25) is 0 Å². The average molecular weight is 177 g/mol. The second kappa shape index (κ2) is 7.80. The van der Waals surface area contributed by atoms with Crippen LogP contribution in [0.25, 0.3) is 0 Å². The van der Waals surface area contributed by atoms with Crippen LogP contribution >= 0.6 is 25.3 Å². The molecule has 0 atom stereocenters. The molecule has 10 heavy (non-hydrogen) atoms. The molecule has 0 aliphatic rings. The van der Waals surface area contributed by atoms with E-state index in [1.807, 2.05) is 0 Å². The van der Waals surface area contributed by atoms with Crippen LogP contribution in [0.3, 0.4) is 0 Å². The summed E-state index contributed by atoms with van der Waals surface area (Å²) in [5.74, 6) is 0. The molecule has 0 heterocycles. The topological polar surface area (TPSA) is 0 Å². The van der Waals surface area contributed by atoms with E-state index in [-0.39, 0.29) is 0 Å². The molecule has 0 aliphatic carbocycles. The van der Waals surface area contributed by atoms with Gasteiger partial charge in [0, 0.05) is 0 Å². The van der Waals surface area contributed by atoms with Crippen molar-refractivity contribution in [3.05, 3.63) is 4.58 Å². The predicted octanol–water partition coefficient (Wildman–Crippen LogP) is 3.70. The highest BCUT2D eigenvalue weighted by atomic mass is 32.2. The highest BCUT2D eigenvalue weighted by Crippen LogP contribution is 2.19. The van der Waals surface area contributed by atoms with E-state index in [1.54, 1.807) is 0 Å². The molecule has 0 aromatic carbocycles. The van der Waals surface area contributed by atoms with Crippen LogP contribution in [-0.2, 0) is 0 Å². The molecule has 0 unspecified atom stereocenters. The van der Waals surface area contributed by atoms with Gasteiger partial charge in [-0.05, 0) is 6.42 Å². The summed E-state index contributed by atoms with van der Waals surface area (Å²) in [4.78, 5) is 0. The number of rotatable bonds is 6. The molecule has 61 valence electrons. The van der Waals surface area contributed by atoms with Crippen molar-refractivity contribution in [2.45, 2.75) is 45.4 Å². The Balaban J connectivity index is 2.77. The largest absolute Gasteiger partial charge is 0.159 e. The van der Waals surface area contributed by atoms with E-state index in [9.17, 15) is 0 Å². The average Bonchev–Trinajstić information content (AvgIpc) is 1.87. The highest BCUT2D eigenvalue weighted by Gasteiger charge is 1.95. The van der Waals surface area contributed by atoms with Crippen LogP contribution in [0.5, 0.6) is 0 Å². The lowest BCUT2D eigenvalue weighted by Crippen LogP contribution is -1.80. The van der Waals surface area contributed by atoms with Gasteiger partial charge in [0.05, 0.1) is 4.58 Å². The molecule has 0 spiro atoms. The van der Waals surface area contributed by atoms with E-state index in [1.165, 1.54) is 32.1 Å². The van der Waals surface area contributed by atoms with Crippen LogP contribution in [0.4, 0.5) is 0 Å². The van der Waals surface area contributed by atoms with E-state index in [0.29, 0.717) is 0 Å². The predicted molar refractivity (Wildman–Crippen MR) is 54.6 cm³/mol. The molecule has 0 aliphatic heterocycles. The van der Waals surface area contributed by atoms with Gasteiger partial charge in [-0.2, -0.15) is 25.3 Å². The first-order valence-electron chi connectivity index (χ1n) is 4.01. The van der Waals surface area contributed by atoms with Gasteiger partial charge in [0.25, 0.3) is 0 Å². The summed E-state index contributed by atoms with van der Waals surface area (Å²) < 4.78 is 0.969. The summed E-state index contributed by atoms with van der Waals surface area (Å²) in [6, 6.07) is 0. The molecular formula is C8H17S2. The fourth-order valence-electron chi connectivity index (χ4n) is 0.887. The second-order valence-corrected chi connectivity index (χ2v) is 4.01. The van der Waals surface area contributed by atoms with Crippen LogP contribution in [0, 0.1) is 4.58 Å². The molecule has 0 saturated heterocycles. The quantitative estimate of drug-likeness (QED) is 0.448. The molecule has 1 radical (unpaired) electrons. The standard InChI is InChI=1S/C8H17S2/c1-2-3-4-5-6-7-8(9)10/h9-10H,2-7H2,1H3. The first-order valence-corrected chi connectivity index (χ1v) is 4.90. The summed E-state index contributed by atoms with van der Waals surface area (Å²) in [5, 5.41) is 0. The minimum atomic E-state index is 0.969. The molecule has 0 aromatic heterocycles. The minimum absolute atomic E-state index is 0.969. The van der Waals surface area contributed by atoms with Crippen molar-refractivity contribution in [1.29, 1.82) is 0 Å². The van der Waals surface area contributed by atoms with Gasteiger partial charge >= 0.3 is 0 Å². The van der Waals surface area contributed by atoms with E-state index >= 15 is 0 Å². The van der Waals surface area contributed by atoms with Crippen molar-refractivity contribution >= 4 is 25.3 Å². The maximum atomic E-state index is 4.10. The maximum absolute atomic E-state index is 4.10. The smallest absolute Gasteiger partial charge is 0.0784 e. The molecule has 0 fully saturated rings. The normalized spacial score (nSPS) is 10.8. The fraction of sp³-hybridized carbons (Fsp3) is 0.875. The number of thiol groups is 2. The van der Waals surface area contributed by atoms with Gasteiger partial charge in [-0.1, -0.05) is 39.0 Å². The van der Waals surface area contributed by atoms with Gasteiger partial charge in [0.15, 0.2) is 0 Å². The maximum Gasteiger partial charge on any atom is 0.0784 e. The minimum Gasteiger partial charge on any atom is -0.159 e. The Morgan fingerprint density at radius 2 is 1.60 bits per heavy atom. The molecule has 0 rings (SSSR count). The fourth-order valence-corrected chi connectivity index (χ4v) is 1.20. The van der Waals surface area contributed by atoms with E-state index in [2.05, 4.69) is 32.2 Å². The van der Waals surface area contributed by atoms with E-state index < -0.39 is 0 Å². The number of hydrogen-bond donors (Lipinski definition) is 2. The Labute approximate surface area is 75.6 Å². The monoisotopic (exact) mass is 177 g/mol. The third-order valence-corrected chi connectivity index (χ3v) is 1.95. The molecule has 0 N–H and O–H groups in total. The highest BCUT2D eigenvalue weighted by molar-refractivity contribution is 8.03.